The van der Waals surface area contributed by atoms with E-state index in [-0.39, 0.29) is 11.0 Å². The quantitative estimate of drug-likeness (QED) is 0.576. The molecular weight excluding hydrogens is 270 g/mol. The molecule has 3 N–H and O–H groups in total. The summed E-state index contributed by atoms with van der Waals surface area (Å²) in [6.45, 7) is 3.35. The summed E-state index contributed by atoms with van der Waals surface area (Å²) in [5.41, 5.74) is 0. The van der Waals surface area contributed by atoms with Gasteiger partial charge in [-0.15, -0.1) is 0 Å². The van der Waals surface area contributed by atoms with E-state index >= 15 is 0 Å². The molecule has 0 saturated carbocycles. The molecule has 0 atom stereocenters. The van der Waals surface area contributed by atoms with Crippen molar-refractivity contribution in [1.29, 1.82) is 0 Å². The van der Waals surface area contributed by atoms with Crippen LogP contribution in [0.4, 0.5) is 0 Å². The highest BCUT2D eigenvalue weighted by atomic mass is 32.2. The summed E-state index contributed by atoms with van der Waals surface area (Å²) in [7, 11) is -2.22. The van der Waals surface area contributed by atoms with Gasteiger partial charge in [0.05, 0.1) is 6.54 Å². The molecule has 0 aliphatic rings. The van der Waals surface area contributed by atoms with Crippen LogP contribution >= 0.6 is 0 Å². The lowest BCUT2D eigenvalue weighted by Crippen LogP contribution is -2.27. The van der Waals surface area contributed by atoms with Gasteiger partial charge in [-0.2, -0.15) is 0 Å². The molecule has 1 heterocycles. The van der Waals surface area contributed by atoms with E-state index in [2.05, 4.69) is 15.4 Å². The summed E-state index contributed by atoms with van der Waals surface area (Å²) in [4.78, 5) is 11.2. The Kier molecular flexibility index (Phi) is 6.00. The van der Waals surface area contributed by atoms with Crippen molar-refractivity contribution in [2.45, 2.75) is 25.0 Å². The number of rotatable bonds is 8. The van der Waals surface area contributed by atoms with Gasteiger partial charge < -0.3 is 15.1 Å². The lowest BCUT2D eigenvalue weighted by Gasteiger charge is -2.03. The van der Waals surface area contributed by atoms with E-state index in [9.17, 15) is 13.2 Å². The Bertz CT molecular complexity index is 510. The van der Waals surface area contributed by atoms with Gasteiger partial charge in [0.15, 0.2) is 0 Å². The molecule has 1 aromatic heterocycles. The molecule has 0 unspecified atom stereocenters. The van der Waals surface area contributed by atoms with Gasteiger partial charge in [0.25, 0.3) is 10.0 Å². The minimum Gasteiger partial charge on any atom is -0.447 e. The van der Waals surface area contributed by atoms with Crippen molar-refractivity contribution in [3.05, 3.63) is 17.9 Å². The Morgan fingerprint density at radius 1 is 1.37 bits per heavy atom. The number of carbonyl (C=O) groups is 1. The molecule has 1 rings (SSSR count). The van der Waals surface area contributed by atoms with Crippen molar-refractivity contribution < 1.29 is 17.6 Å². The van der Waals surface area contributed by atoms with Crippen molar-refractivity contribution in [3.63, 3.8) is 0 Å². The van der Waals surface area contributed by atoms with Crippen LogP contribution in [-0.4, -0.2) is 34.5 Å². The van der Waals surface area contributed by atoms with E-state index < -0.39 is 10.0 Å². The first-order valence-corrected chi connectivity index (χ1v) is 7.47. The van der Waals surface area contributed by atoms with Crippen LogP contribution in [0.25, 0.3) is 0 Å². The second-order valence-electron chi connectivity index (χ2n) is 3.81. The molecule has 1 amide bonds. The molecule has 108 valence electrons. The summed E-state index contributed by atoms with van der Waals surface area (Å²) < 4.78 is 30.2. The predicted octanol–water partition coefficient (Wildman–Crippen LogP) is -0.196. The molecule has 0 aliphatic heterocycles. The zero-order valence-electron chi connectivity index (χ0n) is 11.0. The van der Waals surface area contributed by atoms with Crippen LogP contribution in [0.5, 0.6) is 0 Å². The molecule has 0 saturated heterocycles. The van der Waals surface area contributed by atoms with Crippen LogP contribution in [-0.2, 0) is 21.4 Å². The molecule has 7 nitrogen and oxygen atoms in total. The number of hydrogen-bond donors (Lipinski definition) is 3. The third kappa shape index (κ3) is 5.01. The van der Waals surface area contributed by atoms with E-state index in [1.54, 1.807) is 6.07 Å². The van der Waals surface area contributed by atoms with Crippen molar-refractivity contribution in [3.8, 4) is 0 Å². The van der Waals surface area contributed by atoms with E-state index in [0.717, 1.165) is 0 Å². The van der Waals surface area contributed by atoms with Gasteiger partial charge in [0.1, 0.15) is 5.76 Å². The number of hydrogen-bond acceptors (Lipinski definition) is 5. The highest BCUT2D eigenvalue weighted by Gasteiger charge is 2.15. The standard InChI is InChI=1S/C11H19N3O4S/c1-3-14-10(15)6-7-13-8-9-4-5-11(18-9)19(16,17)12-2/h4-5,12-13H,3,6-8H2,1-2H3,(H,14,15). The highest BCUT2D eigenvalue weighted by Crippen LogP contribution is 2.12. The number of furan rings is 1. The number of nitrogens with one attached hydrogen (secondary N) is 3. The van der Waals surface area contributed by atoms with Crippen LogP contribution in [0.1, 0.15) is 19.1 Å². The highest BCUT2D eigenvalue weighted by molar-refractivity contribution is 7.89. The summed E-state index contributed by atoms with van der Waals surface area (Å²) >= 11 is 0. The maximum Gasteiger partial charge on any atom is 0.273 e. The maximum absolute atomic E-state index is 11.4. The maximum atomic E-state index is 11.4. The largest absolute Gasteiger partial charge is 0.447 e. The molecule has 1 aromatic rings. The van der Waals surface area contributed by atoms with Crippen LogP contribution in [0.15, 0.2) is 21.6 Å². The van der Waals surface area contributed by atoms with Gasteiger partial charge in [0.2, 0.25) is 11.0 Å². The Hall–Kier alpha value is -1.38. The molecule has 0 radical (unpaired) electrons. The van der Waals surface area contributed by atoms with E-state index in [4.69, 9.17) is 4.42 Å². The molecule has 0 aromatic carbocycles. The lowest BCUT2D eigenvalue weighted by molar-refractivity contribution is -0.120. The van der Waals surface area contributed by atoms with Crippen LogP contribution < -0.4 is 15.4 Å². The Morgan fingerprint density at radius 3 is 2.74 bits per heavy atom. The lowest BCUT2D eigenvalue weighted by atomic mass is 10.3. The monoisotopic (exact) mass is 289 g/mol. The molecule has 0 aliphatic carbocycles. The van der Waals surface area contributed by atoms with Gasteiger partial charge >= 0.3 is 0 Å². The molecule has 8 heteroatoms. The second kappa shape index (κ2) is 7.27. The molecule has 19 heavy (non-hydrogen) atoms. The SMILES string of the molecule is CCNC(=O)CCNCc1ccc(S(=O)(=O)NC)o1. The van der Waals surface area contributed by atoms with E-state index in [1.807, 2.05) is 6.92 Å². The third-order valence-electron chi connectivity index (χ3n) is 2.37. The third-order valence-corrected chi connectivity index (χ3v) is 3.66. The van der Waals surface area contributed by atoms with Crippen LogP contribution in [0.2, 0.25) is 0 Å². The van der Waals surface area contributed by atoms with Crippen molar-refractivity contribution in [1.82, 2.24) is 15.4 Å². The number of amides is 1. The zero-order valence-corrected chi connectivity index (χ0v) is 11.8. The molecular formula is C11H19N3O4S. The van der Waals surface area contributed by atoms with Gasteiger partial charge in [-0.3, -0.25) is 4.79 Å². The first kappa shape index (κ1) is 15.7. The van der Waals surface area contributed by atoms with Crippen LogP contribution in [0, 0.1) is 0 Å². The summed E-state index contributed by atoms with van der Waals surface area (Å²) in [6, 6.07) is 2.98. The van der Waals surface area contributed by atoms with Gasteiger partial charge in [-0.05, 0) is 26.1 Å². The van der Waals surface area contributed by atoms with Gasteiger partial charge in [-0.25, -0.2) is 13.1 Å². The number of sulfonamides is 1. The van der Waals surface area contributed by atoms with Gasteiger partial charge in [-0.1, -0.05) is 0 Å². The van der Waals surface area contributed by atoms with Gasteiger partial charge in [0, 0.05) is 19.5 Å². The predicted molar refractivity (Wildman–Crippen MR) is 70.0 cm³/mol. The zero-order chi connectivity index (χ0) is 14.3. The minimum absolute atomic E-state index is 0.0205. The van der Waals surface area contributed by atoms with E-state index in [0.29, 0.717) is 31.8 Å². The average Bonchev–Trinajstić information content (AvgIpc) is 2.84. The molecule has 0 fully saturated rings. The van der Waals surface area contributed by atoms with Crippen molar-refractivity contribution >= 4 is 15.9 Å². The summed E-state index contributed by atoms with van der Waals surface area (Å²) in [5, 5.41) is 5.57. The fourth-order valence-corrected chi connectivity index (χ4v) is 2.06. The Balaban J connectivity index is 2.37. The van der Waals surface area contributed by atoms with Crippen molar-refractivity contribution in [2.24, 2.45) is 0 Å². The van der Waals surface area contributed by atoms with Crippen molar-refractivity contribution in [2.75, 3.05) is 20.1 Å². The first-order valence-electron chi connectivity index (χ1n) is 5.99. The summed E-state index contributed by atoms with van der Waals surface area (Å²) in [6.07, 6.45) is 0.371. The smallest absolute Gasteiger partial charge is 0.273 e. The first-order chi connectivity index (χ1) is 8.99. The van der Waals surface area contributed by atoms with E-state index in [1.165, 1.54) is 13.1 Å². The molecule has 0 bridgehead atoms. The molecule has 0 spiro atoms. The Morgan fingerprint density at radius 2 is 2.11 bits per heavy atom. The fourth-order valence-electron chi connectivity index (χ4n) is 1.40. The number of carbonyl (C=O) groups excluding carboxylic acids is 1. The minimum atomic E-state index is -3.54. The van der Waals surface area contributed by atoms with Crippen LogP contribution in [0.3, 0.4) is 0 Å². The normalized spacial score (nSPS) is 11.5. The average molecular weight is 289 g/mol. The summed E-state index contributed by atoms with van der Waals surface area (Å²) in [5.74, 6) is 0.484. The fraction of sp³-hybridized carbons (Fsp3) is 0.545. The topological polar surface area (TPSA) is 100 Å². The second-order valence-corrected chi connectivity index (χ2v) is 5.63. The Labute approximate surface area is 112 Å².